The van der Waals surface area contributed by atoms with E-state index in [9.17, 15) is 27.7 Å². The molecule has 2 fully saturated rings. The highest BCUT2D eigenvalue weighted by molar-refractivity contribution is 7.93. The summed E-state index contributed by atoms with van der Waals surface area (Å²) in [4.78, 5) is 34.0. The Bertz CT molecular complexity index is 1640. The van der Waals surface area contributed by atoms with Crippen LogP contribution in [0, 0.1) is 17.1 Å². The molecule has 1 aliphatic heterocycles. The second kappa shape index (κ2) is 12.5. The highest BCUT2D eigenvalue weighted by Crippen LogP contribution is 2.37. The van der Waals surface area contributed by atoms with Gasteiger partial charge in [0.15, 0.2) is 0 Å². The topological polar surface area (TPSA) is 123 Å². The fraction of sp³-hybridized carbons (Fsp3) is 0.333. The van der Waals surface area contributed by atoms with Gasteiger partial charge >= 0.3 is 0 Å². The van der Waals surface area contributed by atoms with E-state index in [0.717, 1.165) is 47.4 Å². The highest BCUT2D eigenvalue weighted by atomic mass is 35.5. The van der Waals surface area contributed by atoms with Crippen LogP contribution < -0.4 is 14.5 Å². The molecule has 9 nitrogen and oxygen atoms in total. The molecule has 1 aromatic heterocycles. The molecule has 2 aromatic carbocycles. The maximum absolute atomic E-state index is 14.6. The maximum Gasteiger partial charge on any atom is 0.252 e. The molecule has 1 saturated heterocycles. The van der Waals surface area contributed by atoms with E-state index >= 15 is 0 Å². The Kier molecular flexibility index (Phi) is 8.75. The molecule has 12 heteroatoms. The third kappa shape index (κ3) is 6.10. The largest absolute Gasteiger partial charge is 0.351 e. The van der Waals surface area contributed by atoms with Crippen molar-refractivity contribution in [3.8, 4) is 6.07 Å². The van der Waals surface area contributed by atoms with Gasteiger partial charge in [0, 0.05) is 28.5 Å². The van der Waals surface area contributed by atoms with Gasteiger partial charge in [-0.25, -0.2) is 22.1 Å². The number of hydrogen-bond acceptors (Lipinski definition) is 6. The van der Waals surface area contributed by atoms with Crippen molar-refractivity contribution < 1.29 is 22.4 Å². The Morgan fingerprint density at radius 1 is 1.07 bits per heavy atom. The first kappa shape index (κ1) is 29.5. The molecule has 2 heterocycles. The molecule has 5 rings (SSSR count). The van der Waals surface area contributed by atoms with E-state index in [-0.39, 0.29) is 40.3 Å². The van der Waals surface area contributed by atoms with Crippen molar-refractivity contribution in [1.29, 1.82) is 5.26 Å². The van der Waals surface area contributed by atoms with Crippen LogP contribution in [0.1, 0.15) is 55.7 Å². The molecule has 0 radical (unpaired) electrons. The molecule has 0 bridgehead atoms. The van der Waals surface area contributed by atoms with E-state index in [1.54, 1.807) is 24.3 Å². The summed E-state index contributed by atoms with van der Waals surface area (Å²) in [6.07, 6.45) is 5.73. The number of amides is 2. The van der Waals surface area contributed by atoms with Crippen molar-refractivity contribution in [2.45, 2.75) is 56.7 Å². The van der Waals surface area contributed by atoms with Crippen molar-refractivity contribution in [2.24, 2.45) is 0 Å². The average Bonchev–Trinajstić information content (AvgIpc) is 3.31. The smallest absolute Gasteiger partial charge is 0.252 e. The summed E-state index contributed by atoms with van der Waals surface area (Å²) >= 11 is 6.60. The summed E-state index contributed by atoms with van der Waals surface area (Å²) < 4.78 is 42.0. The first-order chi connectivity index (χ1) is 20.2. The second-order valence-corrected chi connectivity index (χ2v) is 12.8. The van der Waals surface area contributed by atoms with Gasteiger partial charge in [-0.1, -0.05) is 55.1 Å². The van der Waals surface area contributed by atoms with Crippen LogP contribution in [0.4, 0.5) is 15.9 Å². The summed E-state index contributed by atoms with van der Waals surface area (Å²) in [7, 11) is -4.01. The average molecular weight is 610 g/mol. The predicted molar refractivity (Wildman–Crippen MR) is 157 cm³/mol. The summed E-state index contributed by atoms with van der Waals surface area (Å²) in [5, 5.41) is 12.7. The standard InChI is InChI=1S/C30H29ClFN5O4S/c31-25-12-5-4-11-24(25)28(29(38)35-22-8-2-1-3-9-22)36(23-10-6-7-21(32)18-23)30(39)26-14-16-42(40,41)37(26)27-17-20(19-33)13-15-34-27/h4-7,10-13,15,17-18,22,26,28H,1-3,8-9,14,16H2,(H,35,38)/t26?,28-/m0/s1. The lowest BCUT2D eigenvalue weighted by atomic mass is 9.94. The molecule has 42 heavy (non-hydrogen) atoms. The predicted octanol–water partition coefficient (Wildman–Crippen LogP) is 4.88. The third-order valence-electron chi connectivity index (χ3n) is 7.60. The van der Waals surface area contributed by atoms with Gasteiger partial charge in [-0.05, 0) is 55.7 Å². The van der Waals surface area contributed by atoms with Gasteiger partial charge in [-0.3, -0.25) is 14.5 Å². The van der Waals surface area contributed by atoms with Gasteiger partial charge in [0.1, 0.15) is 23.7 Å². The van der Waals surface area contributed by atoms with Crippen molar-refractivity contribution in [3.63, 3.8) is 0 Å². The lowest BCUT2D eigenvalue weighted by Gasteiger charge is -2.36. The van der Waals surface area contributed by atoms with E-state index < -0.39 is 39.7 Å². The van der Waals surface area contributed by atoms with Crippen molar-refractivity contribution >= 4 is 44.9 Å². The van der Waals surface area contributed by atoms with Gasteiger partial charge in [0.25, 0.3) is 5.91 Å². The number of pyridine rings is 1. The minimum absolute atomic E-state index is 0.0618. The van der Waals surface area contributed by atoms with E-state index in [0.29, 0.717) is 5.56 Å². The number of rotatable bonds is 7. The molecule has 2 atom stereocenters. The minimum atomic E-state index is -4.01. The number of hydrogen-bond donors (Lipinski definition) is 1. The molecule has 2 amide bonds. The first-order valence-electron chi connectivity index (χ1n) is 13.7. The molecule has 1 aliphatic carbocycles. The van der Waals surface area contributed by atoms with Crippen molar-refractivity contribution in [2.75, 3.05) is 15.0 Å². The molecule has 2 aliphatic rings. The summed E-state index contributed by atoms with van der Waals surface area (Å²) in [6, 6.07) is 13.7. The Labute approximate surface area is 249 Å². The van der Waals surface area contributed by atoms with Gasteiger partial charge in [-0.15, -0.1) is 0 Å². The first-order valence-corrected chi connectivity index (χ1v) is 15.7. The zero-order valence-corrected chi connectivity index (χ0v) is 24.2. The van der Waals surface area contributed by atoms with Crippen LogP contribution in [-0.4, -0.2) is 43.1 Å². The number of anilines is 2. The number of sulfonamides is 1. The molecule has 3 aromatic rings. The summed E-state index contributed by atoms with van der Waals surface area (Å²) in [5.41, 5.74) is 0.532. The van der Waals surface area contributed by atoms with Crippen LogP contribution >= 0.6 is 11.6 Å². The Balaban J connectivity index is 1.64. The van der Waals surface area contributed by atoms with Crippen LogP contribution in [0.2, 0.25) is 5.02 Å². The number of nitriles is 1. The SMILES string of the molecule is N#Cc1ccnc(N2C(C(=O)N(c3cccc(F)c3)[C@H](C(=O)NC3CCCCC3)c3ccccc3Cl)CCS2(=O)=O)c1. The summed E-state index contributed by atoms with van der Waals surface area (Å²) in [6.45, 7) is 0. The monoisotopic (exact) mass is 609 g/mol. The molecule has 218 valence electrons. The number of nitrogens with one attached hydrogen (secondary N) is 1. The van der Waals surface area contributed by atoms with E-state index in [1.807, 2.05) is 6.07 Å². The number of carbonyl (C=O) groups excluding carboxylic acids is 2. The second-order valence-electron chi connectivity index (χ2n) is 10.4. The summed E-state index contributed by atoms with van der Waals surface area (Å²) in [5.74, 6) is -2.36. The van der Waals surface area contributed by atoms with Crippen LogP contribution in [0.15, 0.2) is 66.9 Å². The third-order valence-corrected chi connectivity index (χ3v) is 9.74. The fourth-order valence-corrected chi connectivity index (χ4v) is 7.54. The number of carbonyl (C=O) groups is 2. The Morgan fingerprint density at radius 3 is 2.55 bits per heavy atom. The molecule has 1 saturated carbocycles. The Morgan fingerprint density at radius 2 is 1.83 bits per heavy atom. The molecule has 1 unspecified atom stereocenters. The molecule has 1 N–H and O–H groups in total. The van der Waals surface area contributed by atoms with E-state index in [2.05, 4.69) is 10.3 Å². The molecular weight excluding hydrogens is 581 g/mol. The van der Waals surface area contributed by atoms with Crippen molar-refractivity contribution in [1.82, 2.24) is 10.3 Å². The molecule has 0 spiro atoms. The zero-order valence-electron chi connectivity index (χ0n) is 22.6. The highest BCUT2D eigenvalue weighted by Gasteiger charge is 2.47. The Hall–Kier alpha value is -4.01. The fourth-order valence-electron chi connectivity index (χ4n) is 5.62. The van der Waals surface area contributed by atoms with Crippen LogP contribution in [-0.2, 0) is 19.6 Å². The van der Waals surface area contributed by atoms with Crippen LogP contribution in [0.3, 0.4) is 0 Å². The number of halogens is 2. The lowest BCUT2D eigenvalue weighted by molar-refractivity contribution is -0.127. The van der Waals surface area contributed by atoms with Gasteiger partial charge in [0.05, 0.1) is 17.4 Å². The van der Waals surface area contributed by atoms with Crippen LogP contribution in [0.25, 0.3) is 0 Å². The van der Waals surface area contributed by atoms with Crippen molar-refractivity contribution in [3.05, 3.63) is 88.8 Å². The van der Waals surface area contributed by atoms with Gasteiger partial charge in [0.2, 0.25) is 15.9 Å². The van der Waals surface area contributed by atoms with Crippen LogP contribution in [0.5, 0.6) is 0 Å². The van der Waals surface area contributed by atoms with E-state index in [4.69, 9.17) is 11.6 Å². The lowest BCUT2D eigenvalue weighted by Crippen LogP contribution is -2.53. The number of nitrogens with zero attached hydrogens (tertiary/aromatic N) is 4. The maximum atomic E-state index is 14.6. The quantitative estimate of drug-likeness (QED) is 0.407. The minimum Gasteiger partial charge on any atom is -0.351 e. The van der Waals surface area contributed by atoms with E-state index in [1.165, 1.54) is 36.5 Å². The number of aromatic nitrogens is 1. The normalized spacial score (nSPS) is 19.1. The zero-order chi connectivity index (χ0) is 29.9. The molecular formula is C30H29ClFN5O4S. The number of benzene rings is 2. The van der Waals surface area contributed by atoms with Gasteiger partial charge < -0.3 is 5.32 Å². The van der Waals surface area contributed by atoms with Gasteiger partial charge in [-0.2, -0.15) is 5.26 Å².